The summed E-state index contributed by atoms with van der Waals surface area (Å²) in [6.45, 7) is 11.3. The van der Waals surface area contributed by atoms with E-state index >= 15 is 0 Å². The number of aromatic nitrogens is 2. The van der Waals surface area contributed by atoms with Gasteiger partial charge in [-0.25, -0.2) is 9.97 Å². The molecule has 166 valence electrons. The fourth-order valence-corrected chi connectivity index (χ4v) is 4.59. The Morgan fingerprint density at radius 1 is 0.818 bits per heavy atom. The van der Waals surface area contributed by atoms with E-state index in [-0.39, 0.29) is 5.41 Å². The zero-order chi connectivity index (χ0) is 23.2. The van der Waals surface area contributed by atoms with E-state index in [0.29, 0.717) is 5.92 Å². The minimum atomic E-state index is 0.0323. The molecule has 0 unspecified atom stereocenters. The zero-order valence-electron chi connectivity index (χ0n) is 20.0. The molecule has 2 heterocycles. The molecule has 3 heteroatoms. The van der Waals surface area contributed by atoms with Gasteiger partial charge in [0.1, 0.15) is 11.9 Å². The van der Waals surface area contributed by atoms with Crippen molar-refractivity contribution in [1.82, 2.24) is 9.97 Å². The van der Waals surface area contributed by atoms with Crippen LogP contribution in [0.3, 0.4) is 0 Å². The van der Waals surface area contributed by atoms with Gasteiger partial charge in [0.15, 0.2) is 0 Å². The molecular formula is C30H30N2O. The normalized spacial score (nSPS) is 12.2. The van der Waals surface area contributed by atoms with E-state index in [1.807, 2.05) is 12.3 Å². The Bertz CT molecular complexity index is 1450. The van der Waals surface area contributed by atoms with Crippen molar-refractivity contribution in [2.75, 3.05) is 0 Å². The lowest BCUT2D eigenvalue weighted by molar-refractivity contribution is 0.594. The van der Waals surface area contributed by atoms with Crippen molar-refractivity contribution in [3.8, 4) is 22.5 Å². The summed E-state index contributed by atoms with van der Waals surface area (Å²) >= 11 is 0. The van der Waals surface area contributed by atoms with Crippen LogP contribution in [0.25, 0.3) is 44.3 Å². The quantitative estimate of drug-likeness (QED) is 0.286. The molecule has 0 fully saturated rings. The molecule has 0 saturated heterocycles. The molecule has 0 atom stereocenters. The highest BCUT2D eigenvalue weighted by atomic mass is 16.3. The van der Waals surface area contributed by atoms with Gasteiger partial charge in [0.05, 0.1) is 17.7 Å². The Labute approximate surface area is 195 Å². The van der Waals surface area contributed by atoms with E-state index < -0.39 is 0 Å². The van der Waals surface area contributed by atoms with E-state index in [4.69, 9.17) is 4.42 Å². The second-order valence-corrected chi connectivity index (χ2v) is 10.4. The summed E-state index contributed by atoms with van der Waals surface area (Å²) in [5.41, 5.74) is 7.59. The molecule has 0 N–H and O–H groups in total. The van der Waals surface area contributed by atoms with Crippen LogP contribution in [0.5, 0.6) is 0 Å². The second kappa shape index (κ2) is 8.15. The average molecular weight is 435 g/mol. The third kappa shape index (κ3) is 4.16. The average Bonchev–Trinajstić information content (AvgIpc) is 3.19. The molecule has 0 bridgehead atoms. The number of hydrogen-bond acceptors (Lipinski definition) is 3. The molecule has 2 aromatic heterocycles. The van der Waals surface area contributed by atoms with Crippen molar-refractivity contribution in [3.05, 3.63) is 84.4 Å². The number of rotatable bonds is 4. The predicted octanol–water partition coefficient (Wildman–Crippen LogP) is 8.21. The molecule has 5 rings (SSSR count). The van der Waals surface area contributed by atoms with Crippen LogP contribution >= 0.6 is 0 Å². The standard InChI is InChI=1S/C30H30N2O/c1-19(2)12-23-17-33-29-11-10-21(14-25(23)29)27-16-28(32-18-31-27)22-13-20-8-6-7-9-24(20)26(15-22)30(3,4)5/h6-11,13-19H,12H2,1-5H3. The summed E-state index contributed by atoms with van der Waals surface area (Å²) in [7, 11) is 0. The summed E-state index contributed by atoms with van der Waals surface area (Å²) in [5, 5.41) is 3.70. The molecule has 0 spiro atoms. The Morgan fingerprint density at radius 2 is 1.58 bits per heavy atom. The molecular weight excluding hydrogens is 404 g/mol. The predicted molar refractivity (Wildman–Crippen MR) is 137 cm³/mol. The first kappa shape index (κ1) is 21.4. The summed E-state index contributed by atoms with van der Waals surface area (Å²) in [6.07, 6.45) is 4.56. The van der Waals surface area contributed by atoms with Gasteiger partial charge < -0.3 is 4.42 Å². The smallest absolute Gasteiger partial charge is 0.134 e. The molecule has 0 aliphatic heterocycles. The maximum absolute atomic E-state index is 5.79. The first-order chi connectivity index (χ1) is 15.8. The highest BCUT2D eigenvalue weighted by Crippen LogP contribution is 2.35. The highest BCUT2D eigenvalue weighted by Gasteiger charge is 2.19. The van der Waals surface area contributed by atoms with Crippen molar-refractivity contribution in [1.29, 1.82) is 0 Å². The van der Waals surface area contributed by atoms with E-state index in [9.17, 15) is 0 Å². The van der Waals surface area contributed by atoms with Crippen molar-refractivity contribution in [2.24, 2.45) is 5.92 Å². The van der Waals surface area contributed by atoms with Crippen LogP contribution in [0.4, 0.5) is 0 Å². The van der Waals surface area contributed by atoms with E-state index in [1.165, 1.54) is 27.3 Å². The second-order valence-electron chi connectivity index (χ2n) is 10.4. The van der Waals surface area contributed by atoms with Crippen LogP contribution in [0.2, 0.25) is 0 Å². The van der Waals surface area contributed by atoms with Gasteiger partial charge in [0.25, 0.3) is 0 Å². The van der Waals surface area contributed by atoms with Gasteiger partial charge in [-0.3, -0.25) is 0 Å². The van der Waals surface area contributed by atoms with Gasteiger partial charge in [-0.1, -0.05) is 58.9 Å². The van der Waals surface area contributed by atoms with E-state index in [1.54, 1.807) is 6.33 Å². The summed E-state index contributed by atoms with van der Waals surface area (Å²) in [5.74, 6) is 0.574. The molecule has 0 aliphatic carbocycles. The number of benzene rings is 3. The van der Waals surface area contributed by atoms with Crippen LogP contribution in [-0.2, 0) is 11.8 Å². The maximum atomic E-state index is 5.79. The van der Waals surface area contributed by atoms with E-state index in [0.717, 1.165) is 34.5 Å². The lowest BCUT2D eigenvalue weighted by Crippen LogP contribution is -2.12. The zero-order valence-corrected chi connectivity index (χ0v) is 20.0. The van der Waals surface area contributed by atoms with Crippen LogP contribution in [0.15, 0.2) is 77.7 Å². The maximum Gasteiger partial charge on any atom is 0.134 e. The Kier molecular flexibility index (Phi) is 5.28. The van der Waals surface area contributed by atoms with Crippen molar-refractivity contribution in [2.45, 2.75) is 46.5 Å². The van der Waals surface area contributed by atoms with Crippen molar-refractivity contribution < 1.29 is 4.42 Å². The lowest BCUT2D eigenvalue weighted by atomic mass is 9.82. The van der Waals surface area contributed by atoms with Gasteiger partial charge in [-0.05, 0) is 76.1 Å². The number of hydrogen-bond donors (Lipinski definition) is 0. The van der Waals surface area contributed by atoms with Gasteiger partial charge in [0.2, 0.25) is 0 Å². The molecule has 3 nitrogen and oxygen atoms in total. The minimum Gasteiger partial charge on any atom is -0.464 e. The fourth-order valence-electron chi connectivity index (χ4n) is 4.59. The van der Waals surface area contributed by atoms with Gasteiger partial charge in [-0.2, -0.15) is 0 Å². The molecule has 0 saturated carbocycles. The third-order valence-electron chi connectivity index (χ3n) is 6.21. The first-order valence-corrected chi connectivity index (χ1v) is 11.7. The Hall–Kier alpha value is -3.46. The van der Waals surface area contributed by atoms with Gasteiger partial charge in [-0.15, -0.1) is 0 Å². The van der Waals surface area contributed by atoms with Gasteiger partial charge >= 0.3 is 0 Å². The third-order valence-corrected chi connectivity index (χ3v) is 6.21. The molecule has 3 aromatic carbocycles. The molecule has 0 amide bonds. The minimum absolute atomic E-state index is 0.0323. The molecule has 0 radical (unpaired) electrons. The summed E-state index contributed by atoms with van der Waals surface area (Å²) < 4.78 is 5.79. The number of fused-ring (bicyclic) bond motifs is 2. The van der Waals surface area contributed by atoms with Crippen LogP contribution in [0, 0.1) is 5.92 Å². The Morgan fingerprint density at radius 3 is 2.33 bits per heavy atom. The highest BCUT2D eigenvalue weighted by molar-refractivity contribution is 5.91. The summed E-state index contributed by atoms with van der Waals surface area (Å²) in [4.78, 5) is 9.25. The van der Waals surface area contributed by atoms with Gasteiger partial charge in [0, 0.05) is 16.5 Å². The largest absolute Gasteiger partial charge is 0.464 e. The van der Waals surface area contributed by atoms with Crippen molar-refractivity contribution >= 4 is 21.7 Å². The van der Waals surface area contributed by atoms with Crippen LogP contribution < -0.4 is 0 Å². The topological polar surface area (TPSA) is 38.9 Å². The fraction of sp³-hybridized carbons (Fsp3) is 0.267. The monoisotopic (exact) mass is 434 g/mol. The molecule has 0 aliphatic rings. The van der Waals surface area contributed by atoms with E-state index in [2.05, 4.69) is 99.2 Å². The number of nitrogens with zero attached hydrogens (tertiary/aromatic N) is 2. The molecule has 5 aromatic rings. The molecule has 33 heavy (non-hydrogen) atoms. The van der Waals surface area contributed by atoms with Crippen LogP contribution in [-0.4, -0.2) is 9.97 Å². The SMILES string of the molecule is CC(C)Cc1coc2ccc(-c3cc(-c4cc(C(C)(C)C)c5ccccc5c4)ncn3)cc12. The lowest BCUT2D eigenvalue weighted by Gasteiger charge is -2.22. The van der Waals surface area contributed by atoms with Crippen molar-refractivity contribution in [3.63, 3.8) is 0 Å². The van der Waals surface area contributed by atoms with Crippen LogP contribution in [0.1, 0.15) is 45.7 Å². The first-order valence-electron chi connectivity index (χ1n) is 11.7. The Balaban J connectivity index is 1.61. The number of furan rings is 1. The summed E-state index contributed by atoms with van der Waals surface area (Å²) in [6, 6.07) is 21.5.